The number of ether oxygens (including phenoxy) is 2. The molecule has 1 aliphatic heterocycles. The number of carbonyl (C=O) groups excluding carboxylic acids is 1. The van der Waals surface area contributed by atoms with E-state index in [-0.39, 0.29) is 24.9 Å². The number of rotatable bonds is 8. The molecule has 172 valence electrons. The molecule has 3 aromatic rings. The number of anilines is 1. The number of piperazine rings is 1. The van der Waals surface area contributed by atoms with Gasteiger partial charge in [0.2, 0.25) is 5.95 Å². The third-order valence-corrected chi connectivity index (χ3v) is 5.68. The first kappa shape index (κ1) is 23.8. The van der Waals surface area contributed by atoms with Crippen LogP contribution in [0.5, 0.6) is 5.75 Å². The zero-order valence-electron chi connectivity index (χ0n) is 18.6. The summed E-state index contributed by atoms with van der Waals surface area (Å²) in [6.45, 7) is 7.17. The van der Waals surface area contributed by atoms with Gasteiger partial charge in [-0.25, -0.2) is 9.97 Å². The Kier molecular flexibility index (Phi) is 8.30. The van der Waals surface area contributed by atoms with Gasteiger partial charge in [0, 0.05) is 62.2 Å². The zero-order valence-corrected chi connectivity index (χ0v) is 19.4. The van der Waals surface area contributed by atoms with Gasteiger partial charge in [-0.3, -0.25) is 9.69 Å². The second kappa shape index (κ2) is 11.2. The van der Waals surface area contributed by atoms with Gasteiger partial charge in [-0.05, 0) is 43.2 Å². The van der Waals surface area contributed by atoms with E-state index in [1.54, 1.807) is 19.5 Å². The van der Waals surface area contributed by atoms with Crippen LogP contribution in [-0.2, 0) is 22.5 Å². The SMILES string of the molecule is CCOC(=O)Cn1cc(CCN2CCN(c3ncccn3)CC2)c2cc(OC)ccc21.Cl. The molecular formula is C23H30ClN5O3. The van der Waals surface area contributed by atoms with Gasteiger partial charge in [0.25, 0.3) is 0 Å². The second-order valence-electron chi connectivity index (χ2n) is 7.60. The number of benzene rings is 1. The number of esters is 1. The summed E-state index contributed by atoms with van der Waals surface area (Å²) in [5.74, 6) is 1.40. The lowest BCUT2D eigenvalue weighted by Crippen LogP contribution is -2.47. The van der Waals surface area contributed by atoms with Crippen molar-refractivity contribution < 1.29 is 14.3 Å². The molecule has 1 saturated heterocycles. The standard InChI is InChI=1S/C23H29N5O3.ClH/c1-3-31-22(29)17-28-16-18(20-15-19(30-2)5-6-21(20)28)7-10-26-11-13-27(14-12-26)23-24-8-4-9-25-23;/h4-6,8-9,15-16H,3,7,10-14,17H2,1-2H3;1H. The molecule has 0 atom stereocenters. The molecule has 3 heterocycles. The van der Waals surface area contributed by atoms with Gasteiger partial charge in [0.15, 0.2) is 0 Å². The predicted molar refractivity (Wildman–Crippen MR) is 127 cm³/mol. The van der Waals surface area contributed by atoms with Crippen molar-refractivity contribution in [2.45, 2.75) is 19.9 Å². The van der Waals surface area contributed by atoms with Crippen molar-refractivity contribution in [3.05, 3.63) is 48.4 Å². The minimum atomic E-state index is -0.221. The molecule has 0 spiro atoms. The van der Waals surface area contributed by atoms with E-state index in [1.807, 2.05) is 29.7 Å². The summed E-state index contributed by atoms with van der Waals surface area (Å²) in [5, 5.41) is 1.12. The third-order valence-electron chi connectivity index (χ3n) is 5.68. The minimum Gasteiger partial charge on any atom is -0.497 e. The van der Waals surface area contributed by atoms with Crippen molar-refractivity contribution >= 4 is 35.2 Å². The van der Waals surface area contributed by atoms with Gasteiger partial charge in [0.1, 0.15) is 12.3 Å². The van der Waals surface area contributed by atoms with Crippen LogP contribution < -0.4 is 9.64 Å². The second-order valence-corrected chi connectivity index (χ2v) is 7.60. The summed E-state index contributed by atoms with van der Waals surface area (Å²) in [6, 6.07) is 7.83. The van der Waals surface area contributed by atoms with E-state index in [2.05, 4.69) is 32.0 Å². The number of methoxy groups -OCH3 is 1. The normalized spacial score (nSPS) is 14.2. The molecule has 8 nitrogen and oxygen atoms in total. The lowest BCUT2D eigenvalue weighted by Gasteiger charge is -2.34. The number of hydrogen-bond donors (Lipinski definition) is 0. The molecule has 2 aromatic heterocycles. The van der Waals surface area contributed by atoms with Gasteiger partial charge >= 0.3 is 5.97 Å². The van der Waals surface area contributed by atoms with Crippen molar-refractivity contribution in [1.29, 1.82) is 0 Å². The molecular weight excluding hydrogens is 430 g/mol. The molecule has 1 fully saturated rings. The monoisotopic (exact) mass is 459 g/mol. The first-order valence-corrected chi connectivity index (χ1v) is 10.7. The van der Waals surface area contributed by atoms with E-state index in [1.165, 1.54) is 5.56 Å². The zero-order chi connectivity index (χ0) is 21.6. The maximum atomic E-state index is 12.1. The lowest BCUT2D eigenvalue weighted by molar-refractivity contribution is -0.143. The van der Waals surface area contributed by atoms with Crippen LogP contribution in [0.3, 0.4) is 0 Å². The topological polar surface area (TPSA) is 72.7 Å². The summed E-state index contributed by atoms with van der Waals surface area (Å²) in [5.41, 5.74) is 2.24. The van der Waals surface area contributed by atoms with Crippen molar-refractivity contribution in [3.8, 4) is 5.75 Å². The fraction of sp³-hybridized carbons (Fsp3) is 0.435. The van der Waals surface area contributed by atoms with Gasteiger partial charge < -0.3 is 18.9 Å². The van der Waals surface area contributed by atoms with Crippen molar-refractivity contribution in [2.75, 3.05) is 51.3 Å². The Hall–Kier alpha value is -2.84. The van der Waals surface area contributed by atoms with E-state index >= 15 is 0 Å². The van der Waals surface area contributed by atoms with E-state index in [0.29, 0.717) is 6.61 Å². The Morgan fingerprint density at radius 3 is 2.56 bits per heavy atom. The van der Waals surface area contributed by atoms with Gasteiger partial charge in [-0.15, -0.1) is 12.4 Å². The predicted octanol–water partition coefficient (Wildman–Crippen LogP) is 2.79. The fourth-order valence-electron chi connectivity index (χ4n) is 4.06. The Labute approximate surface area is 194 Å². The molecule has 0 bridgehead atoms. The quantitative estimate of drug-likeness (QED) is 0.479. The molecule has 9 heteroatoms. The first-order chi connectivity index (χ1) is 15.2. The highest BCUT2D eigenvalue weighted by Gasteiger charge is 2.19. The highest BCUT2D eigenvalue weighted by Crippen LogP contribution is 2.27. The molecule has 1 aliphatic rings. The van der Waals surface area contributed by atoms with E-state index in [4.69, 9.17) is 9.47 Å². The van der Waals surface area contributed by atoms with Crippen LogP contribution >= 0.6 is 12.4 Å². The van der Waals surface area contributed by atoms with Crippen LogP contribution in [0.4, 0.5) is 5.95 Å². The highest BCUT2D eigenvalue weighted by atomic mass is 35.5. The maximum Gasteiger partial charge on any atom is 0.325 e. The molecule has 0 radical (unpaired) electrons. The Bertz CT molecular complexity index is 1020. The van der Waals surface area contributed by atoms with Crippen LogP contribution in [0.25, 0.3) is 10.9 Å². The number of aromatic nitrogens is 3. The Morgan fingerprint density at radius 2 is 1.88 bits per heavy atom. The van der Waals surface area contributed by atoms with Crippen LogP contribution in [0.1, 0.15) is 12.5 Å². The van der Waals surface area contributed by atoms with Crippen molar-refractivity contribution in [3.63, 3.8) is 0 Å². The third kappa shape index (κ3) is 5.49. The molecule has 0 aliphatic carbocycles. The Morgan fingerprint density at radius 1 is 1.12 bits per heavy atom. The smallest absolute Gasteiger partial charge is 0.325 e. The fourth-order valence-corrected chi connectivity index (χ4v) is 4.06. The van der Waals surface area contributed by atoms with Crippen molar-refractivity contribution in [1.82, 2.24) is 19.4 Å². The van der Waals surface area contributed by atoms with Crippen LogP contribution in [-0.4, -0.2) is 71.8 Å². The molecule has 1 aromatic carbocycles. The molecule has 4 rings (SSSR count). The molecule has 0 amide bonds. The Balaban J connectivity index is 0.00000289. The van der Waals surface area contributed by atoms with Gasteiger partial charge in [-0.2, -0.15) is 0 Å². The maximum absolute atomic E-state index is 12.1. The average Bonchev–Trinajstić information content (AvgIpc) is 3.15. The molecule has 32 heavy (non-hydrogen) atoms. The number of hydrogen-bond acceptors (Lipinski definition) is 7. The summed E-state index contributed by atoms with van der Waals surface area (Å²) in [7, 11) is 1.67. The molecule has 0 unspecified atom stereocenters. The van der Waals surface area contributed by atoms with Gasteiger partial charge in [-0.1, -0.05) is 0 Å². The van der Waals surface area contributed by atoms with Crippen LogP contribution in [0.2, 0.25) is 0 Å². The summed E-state index contributed by atoms with van der Waals surface area (Å²) in [4.78, 5) is 25.5. The summed E-state index contributed by atoms with van der Waals surface area (Å²) in [6.07, 6.45) is 6.56. The van der Waals surface area contributed by atoms with Crippen LogP contribution in [0.15, 0.2) is 42.9 Å². The summed E-state index contributed by atoms with van der Waals surface area (Å²) >= 11 is 0. The van der Waals surface area contributed by atoms with Crippen molar-refractivity contribution in [2.24, 2.45) is 0 Å². The number of nitrogens with zero attached hydrogens (tertiary/aromatic N) is 5. The average molecular weight is 460 g/mol. The van der Waals surface area contributed by atoms with E-state index in [9.17, 15) is 4.79 Å². The lowest BCUT2D eigenvalue weighted by atomic mass is 10.1. The van der Waals surface area contributed by atoms with E-state index in [0.717, 1.165) is 61.7 Å². The highest BCUT2D eigenvalue weighted by molar-refractivity contribution is 5.87. The largest absolute Gasteiger partial charge is 0.497 e. The molecule has 0 N–H and O–H groups in total. The number of carbonyl (C=O) groups is 1. The van der Waals surface area contributed by atoms with Gasteiger partial charge in [0.05, 0.1) is 13.7 Å². The molecule has 0 saturated carbocycles. The minimum absolute atomic E-state index is 0. The number of halogens is 1. The first-order valence-electron chi connectivity index (χ1n) is 10.7. The summed E-state index contributed by atoms with van der Waals surface area (Å²) < 4.78 is 12.5. The number of fused-ring (bicyclic) bond motifs is 1. The van der Waals surface area contributed by atoms with Crippen LogP contribution in [0, 0.1) is 0 Å². The van der Waals surface area contributed by atoms with E-state index < -0.39 is 0 Å².